The number of likely N-dealkylation sites (tertiary alicyclic amines) is 1. The van der Waals surface area contributed by atoms with Crippen molar-refractivity contribution in [2.45, 2.75) is 146 Å². The smallest absolute Gasteiger partial charge is 0.165 e. The number of piperidine rings is 2. The number of ketones is 2. The molecular weight excluding hydrogens is 753 g/mol. The van der Waals surface area contributed by atoms with E-state index < -0.39 is 0 Å². The quantitative estimate of drug-likeness (QED) is 0.178. The minimum Gasteiger partial charge on any atom is -0.379 e. The first-order valence-electron chi connectivity index (χ1n) is 21.8. The van der Waals surface area contributed by atoms with Crippen molar-refractivity contribution in [3.63, 3.8) is 0 Å². The number of rotatable bonds is 5. The van der Waals surface area contributed by atoms with Gasteiger partial charge in [-0.25, -0.2) is 0 Å². The molecule has 2 spiro atoms. The molecule has 2 aromatic carbocycles. The predicted octanol–water partition coefficient (Wildman–Crippen LogP) is 11.4. The third kappa shape index (κ3) is 13.1. The number of alkyl halides is 1. The molecule has 0 unspecified atom stereocenters. The van der Waals surface area contributed by atoms with Gasteiger partial charge in [0.1, 0.15) is 0 Å². The number of carbonyl (C=O) groups is 2. The number of thiol groups is 1. The van der Waals surface area contributed by atoms with Crippen LogP contribution >= 0.6 is 28.6 Å². The SMILES string of the molecule is BrCCC1CCCCC1.CCS.O=C1CCC2(CCN(CCC3CCCCC3)CC2)Nc2ccccc21.O=C1CCC2(CCNCC2)Nc2ccccc21. The average molecular weight is 824 g/mol. The summed E-state index contributed by atoms with van der Waals surface area (Å²) in [4.78, 5) is 27.2. The molecular formula is C46H71BrN4O2S. The Hall–Kier alpha value is -1.87. The summed E-state index contributed by atoms with van der Waals surface area (Å²) in [6.45, 7) is 7.71. The minimum atomic E-state index is 0.129. The Labute approximate surface area is 342 Å². The molecule has 4 fully saturated rings. The van der Waals surface area contributed by atoms with Crippen molar-refractivity contribution in [2.24, 2.45) is 11.8 Å². The average Bonchev–Trinajstić information content (AvgIpc) is 3.43. The maximum Gasteiger partial charge on any atom is 0.165 e. The standard InChI is InChI=1S/C22H32N2O.C14H18N2O.C8H15Br.C2H6S/c25-21-10-12-22(23-20-9-5-4-8-19(20)21)13-16-24(17-14-22)15-11-18-6-2-1-3-7-18;17-13-5-6-14(7-9-15-10-8-14)16-12-4-2-1-3-11(12)13;9-7-6-8-4-2-1-3-5-8;1-2-3/h4-5,8-9,18,23H,1-3,6-7,10-17H2;1-4,15-16H,5-10H2;8H,1-7H2;3H,2H2,1H3. The van der Waals surface area contributed by atoms with E-state index in [0.29, 0.717) is 18.6 Å². The van der Waals surface area contributed by atoms with Gasteiger partial charge in [0, 0.05) is 64.8 Å². The van der Waals surface area contributed by atoms with E-state index in [2.05, 4.69) is 55.5 Å². The molecule has 6 nitrogen and oxygen atoms in total. The van der Waals surface area contributed by atoms with Crippen molar-refractivity contribution >= 4 is 51.5 Å². The van der Waals surface area contributed by atoms with Gasteiger partial charge in [-0.1, -0.05) is 111 Å². The molecule has 0 aromatic heterocycles. The van der Waals surface area contributed by atoms with E-state index in [4.69, 9.17) is 0 Å². The number of fused-ring (bicyclic) bond motifs is 2. The summed E-state index contributed by atoms with van der Waals surface area (Å²) in [7, 11) is 0. The fourth-order valence-electron chi connectivity index (χ4n) is 9.67. The molecule has 8 heteroatoms. The first-order valence-corrected chi connectivity index (χ1v) is 23.5. The highest BCUT2D eigenvalue weighted by Gasteiger charge is 2.38. The van der Waals surface area contributed by atoms with Crippen molar-refractivity contribution in [3.8, 4) is 0 Å². The number of hydrogen-bond acceptors (Lipinski definition) is 7. The second-order valence-electron chi connectivity index (χ2n) is 16.9. The van der Waals surface area contributed by atoms with Crippen LogP contribution in [0.1, 0.15) is 156 Å². The summed E-state index contributed by atoms with van der Waals surface area (Å²) < 4.78 is 0. The Morgan fingerprint density at radius 3 is 1.59 bits per heavy atom. The Kier molecular flexibility index (Phi) is 18.2. The van der Waals surface area contributed by atoms with Crippen molar-refractivity contribution in [2.75, 3.05) is 54.4 Å². The highest BCUT2D eigenvalue weighted by Crippen LogP contribution is 2.37. The Morgan fingerprint density at radius 2 is 1.11 bits per heavy atom. The molecule has 6 aliphatic rings. The van der Waals surface area contributed by atoms with E-state index in [0.717, 1.165) is 78.9 Å². The number of Topliss-reactive ketones (excluding diaryl/α,β-unsaturated/α-hetero) is 2. The number of carbonyl (C=O) groups excluding carboxylic acids is 2. The molecule has 0 amide bonds. The van der Waals surface area contributed by atoms with Gasteiger partial charge < -0.3 is 20.9 Å². The molecule has 2 aromatic rings. The summed E-state index contributed by atoms with van der Waals surface area (Å²) in [5.74, 6) is 3.56. The van der Waals surface area contributed by atoms with Gasteiger partial charge in [-0.15, -0.1) is 0 Å². The third-order valence-electron chi connectivity index (χ3n) is 13.1. The van der Waals surface area contributed by atoms with Gasteiger partial charge >= 0.3 is 0 Å². The van der Waals surface area contributed by atoms with Gasteiger partial charge in [-0.05, 0) is 113 Å². The number of anilines is 2. The molecule has 2 aliphatic carbocycles. The van der Waals surface area contributed by atoms with Crippen LogP contribution < -0.4 is 16.0 Å². The number of nitrogens with one attached hydrogen (secondary N) is 3. The number of halogens is 1. The molecule has 4 heterocycles. The fourth-order valence-corrected chi connectivity index (χ4v) is 10.3. The van der Waals surface area contributed by atoms with Crippen LogP contribution in [0, 0.1) is 11.8 Å². The fraction of sp³-hybridized carbons (Fsp3) is 0.696. The molecule has 2 saturated carbocycles. The van der Waals surface area contributed by atoms with Gasteiger partial charge in [-0.3, -0.25) is 9.59 Å². The van der Waals surface area contributed by atoms with Crippen LogP contribution in [-0.2, 0) is 0 Å². The number of benzene rings is 2. The monoisotopic (exact) mass is 822 g/mol. The first-order chi connectivity index (χ1) is 26.4. The van der Waals surface area contributed by atoms with E-state index in [1.807, 2.05) is 49.4 Å². The van der Waals surface area contributed by atoms with Crippen molar-refractivity contribution in [3.05, 3.63) is 59.7 Å². The van der Waals surface area contributed by atoms with Gasteiger partial charge in [0.2, 0.25) is 0 Å². The molecule has 3 N–H and O–H groups in total. The lowest BCUT2D eigenvalue weighted by molar-refractivity contribution is 0.0960. The Morgan fingerprint density at radius 1 is 0.667 bits per heavy atom. The lowest BCUT2D eigenvalue weighted by atomic mass is 9.82. The van der Waals surface area contributed by atoms with Crippen LogP contribution in [-0.4, -0.2) is 71.4 Å². The predicted molar refractivity (Wildman–Crippen MR) is 236 cm³/mol. The van der Waals surface area contributed by atoms with E-state index in [-0.39, 0.29) is 16.9 Å². The summed E-state index contributed by atoms with van der Waals surface area (Å²) in [6, 6.07) is 16.0. The summed E-state index contributed by atoms with van der Waals surface area (Å²) in [5, 5.41) is 12.0. The lowest BCUT2D eigenvalue weighted by Gasteiger charge is -2.43. The van der Waals surface area contributed by atoms with Gasteiger partial charge in [0.05, 0.1) is 0 Å². The van der Waals surface area contributed by atoms with Gasteiger partial charge in [0.25, 0.3) is 0 Å². The van der Waals surface area contributed by atoms with E-state index in [1.54, 1.807) is 0 Å². The molecule has 2 saturated heterocycles. The number of para-hydroxylation sites is 2. The van der Waals surface area contributed by atoms with Crippen LogP contribution in [0.3, 0.4) is 0 Å². The van der Waals surface area contributed by atoms with Crippen molar-refractivity contribution in [1.82, 2.24) is 10.2 Å². The molecule has 300 valence electrons. The molecule has 4 aliphatic heterocycles. The normalized spacial score (nSPS) is 22.6. The maximum atomic E-state index is 12.4. The van der Waals surface area contributed by atoms with Crippen LogP contribution in [0.25, 0.3) is 0 Å². The molecule has 54 heavy (non-hydrogen) atoms. The molecule has 8 rings (SSSR count). The second kappa shape index (κ2) is 22.8. The number of nitrogens with zero attached hydrogens (tertiary/aromatic N) is 1. The van der Waals surface area contributed by atoms with Crippen molar-refractivity contribution < 1.29 is 9.59 Å². The summed E-state index contributed by atoms with van der Waals surface area (Å²) in [6.07, 6.45) is 25.3. The zero-order chi connectivity index (χ0) is 38.1. The van der Waals surface area contributed by atoms with Crippen molar-refractivity contribution in [1.29, 1.82) is 0 Å². The Balaban J connectivity index is 0.000000166. The second-order valence-corrected chi connectivity index (χ2v) is 18.4. The molecule has 0 radical (unpaired) electrons. The highest BCUT2D eigenvalue weighted by molar-refractivity contribution is 9.09. The van der Waals surface area contributed by atoms with Crippen LogP contribution in [0.4, 0.5) is 11.4 Å². The highest BCUT2D eigenvalue weighted by atomic mass is 79.9. The maximum absolute atomic E-state index is 12.4. The summed E-state index contributed by atoms with van der Waals surface area (Å²) in [5.41, 5.74) is 4.09. The largest absolute Gasteiger partial charge is 0.379 e. The molecule has 0 bridgehead atoms. The lowest BCUT2D eigenvalue weighted by Crippen LogP contribution is -2.49. The van der Waals surface area contributed by atoms with E-state index >= 15 is 0 Å². The zero-order valence-electron chi connectivity index (χ0n) is 33.5. The topological polar surface area (TPSA) is 73.5 Å². The van der Waals surface area contributed by atoms with Gasteiger partial charge in [-0.2, -0.15) is 12.6 Å². The summed E-state index contributed by atoms with van der Waals surface area (Å²) >= 11 is 7.27. The Bertz CT molecular complexity index is 1410. The van der Waals surface area contributed by atoms with Crippen LogP contribution in [0.2, 0.25) is 0 Å². The minimum absolute atomic E-state index is 0.129. The van der Waals surface area contributed by atoms with Crippen LogP contribution in [0.15, 0.2) is 48.5 Å². The number of hydrogen-bond donors (Lipinski definition) is 4. The van der Waals surface area contributed by atoms with E-state index in [9.17, 15) is 9.59 Å². The van der Waals surface area contributed by atoms with E-state index in [1.165, 1.54) is 115 Å². The zero-order valence-corrected chi connectivity index (χ0v) is 35.9. The molecule has 0 atom stereocenters. The van der Waals surface area contributed by atoms with Crippen LogP contribution in [0.5, 0.6) is 0 Å². The van der Waals surface area contributed by atoms with Gasteiger partial charge in [0.15, 0.2) is 11.6 Å². The third-order valence-corrected chi connectivity index (χ3v) is 13.6. The first kappa shape index (κ1) is 43.3.